The number of ether oxygens (including phenoxy) is 1. The molecule has 0 saturated heterocycles. The van der Waals surface area contributed by atoms with E-state index in [4.69, 9.17) is 4.74 Å². The second-order valence-corrected chi connectivity index (χ2v) is 10.6. The zero-order valence-corrected chi connectivity index (χ0v) is 26.3. The number of unbranched alkanes of at least 4 members (excludes halogenated alkanes) is 9. The Morgan fingerprint density at radius 3 is 1.79 bits per heavy atom. The zero-order valence-electron chi connectivity index (χ0n) is 23.5. The minimum atomic E-state index is -5.05. The molecule has 1 aromatic rings. The molecule has 2 N–H and O–H groups in total. The molecule has 9 nitrogen and oxygen atoms in total. The molecular formula is C27H43N2NaO7S. The molecule has 11 heteroatoms. The third-order valence-corrected chi connectivity index (χ3v) is 6.75. The van der Waals surface area contributed by atoms with Crippen LogP contribution in [-0.2, 0) is 24.5 Å². The summed E-state index contributed by atoms with van der Waals surface area (Å²) in [5.74, 6) is -2.05. The molecule has 1 aromatic carbocycles. The second-order valence-electron chi connectivity index (χ2n) is 9.27. The summed E-state index contributed by atoms with van der Waals surface area (Å²) < 4.78 is 41.3. The van der Waals surface area contributed by atoms with E-state index in [9.17, 15) is 27.4 Å². The Kier molecular flexibility index (Phi) is 19.7. The largest absolute Gasteiger partial charge is 1.00 e. The Morgan fingerprint density at radius 1 is 0.737 bits per heavy atom. The first kappa shape index (κ1) is 36.5. The summed E-state index contributed by atoms with van der Waals surface area (Å²) in [5, 5.41) is 5.27. The molecule has 2 amide bonds. The number of nitrogens with one attached hydrogen (secondary N) is 2. The van der Waals surface area contributed by atoms with E-state index in [0.717, 1.165) is 63.9 Å². The van der Waals surface area contributed by atoms with E-state index in [0.29, 0.717) is 19.3 Å². The SMILES string of the molecule is CCCCCCCCC(=O)Nc1ccc(S(=O)(=O)[O-])c(OC(=O)CCCCC)c1NC(=O)CCCCC.[Na+]. The van der Waals surface area contributed by atoms with Gasteiger partial charge in [-0.3, -0.25) is 14.4 Å². The van der Waals surface area contributed by atoms with Crippen LogP contribution in [0.15, 0.2) is 17.0 Å². The van der Waals surface area contributed by atoms with Crippen molar-refractivity contribution < 1.29 is 61.6 Å². The monoisotopic (exact) mass is 562 g/mol. The molecule has 0 fully saturated rings. The topological polar surface area (TPSA) is 142 Å². The summed E-state index contributed by atoms with van der Waals surface area (Å²) >= 11 is 0. The van der Waals surface area contributed by atoms with Gasteiger partial charge in [0, 0.05) is 19.3 Å². The molecule has 0 aliphatic carbocycles. The van der Waals surface area contributed by atoms with E-state index in [2.05, 4.69) is 17.6 Å². The molecular weight excluding hydrogens is 519 g/mol. The van der Waals surface area contributed by atoms with Crippen molar-refractivity contribution in [3.05, 3.63) is 12.1 Å². The van der Waals surface area contributed by atoms with E-state index < -0.39 is 32.6 Å². The van der Waals surface area contributed by atoms with Crippen LogP contribution >= 0.6 is 0 Å². The van der Waals surface area contributed by atoms with Crippen molar-refractivity contribution in [3.8, 4) is 5.75 Å². The van der Waals surface area contributed by atoms with Crippen molar-refractivity contribution in [1.29, 1.82) is 0 Å². The Bertz CT molecular complexity index is 984. The van der Waals surface area contributed by atoms with E-state index in [1.807, 2.05) is 13.8 Å². The van der Waals surface area contributed by atoms with E-state index >= 15 is 0 Å². The van der Waals surface area contributed by atoms with Crippen LogP contribution in [0.5, 0.6) is 5.75 Å². The summed E-state index contributed by atoms with van der Waals surface area (Å²) in [7, 11) is -5.05. The van der Waals surface area contributed by atoms with Gasteiger partial charge in [0.15, 0.2) is 5.75 Å². The molecule has 0 unspecified atom stereocenters. The second kappa shape index (κ2) is 20.4. The summed E-state index contributed by atoms with van der Waals surface area (Å²) in [6.07, 6.45) is 10.9. The van der Waals surface area contributed by atoms with Crippen LogP contribution in [0.4, 0.5) is 11.4 Å². The average Bonchev–Trinajstić information content (AvgIpc) is 2.83. The normalized spacial score (nSPS) is 10.9. The number of carbonyl (C=O) groups is 3. The number of benzene rings is 1. The van der Waals surface area contributed by atoms with Crippen LogP contribution in [-0.4, -0.2) is 30.8 Å². The molecule has 0 saturated carbocycles. The maximum atomic E-state index is 12.6. The summed E-state index contributed by atoms with van der Waals surface area (Å²) in [4.78, 5) is 37.0. The minimum Gasteiger partial charge on any atom is -0.744 e. The van der Waals surface area contributed by atoms with Gasteiger partial charge in [-0.05, 0) is 31.4 Å². The van der Waals surface area contributed by atoms with Crippen LogP contribution < -0.4 is 44.9 Å². The van der Waals surface area contributed by atoms with Gasteiger partial charge >= 0.3 is 35.5 Å². The van der Waals surface area contributed by atoms with Gasteiger partial charge in [0.05, 0.1) is 10.6 Å². The molecule has 0 spiro atoms. The molecule has 0 heterocycles. The Hall–Kier alpha value is -1.46. The van der Waals surface area contributed by atoms with Gasteiger partial charge in [0.25, 0.3) is 0 Å². The molecule has 0 bridgehead atoms. The smallest absolute Gasteiger partial charge is 0.744 e. The summed E-state index contributed by atoms with van der Waals surface area (Å²) in [5.41, 5.74) is -0.123. The first-order chi connectivity index (χ1) is 17.6. The molecule has 0 radical (unpaired) electrons. The van der Waals surface area contributed by atoms with E-state index in [1.54, 1.807) is 0 Å². The number of esters is 1. The minimum absolute atomic E-state index is 0. The predicted octanol–water partition coefficient (Wildman–Crippen LogP) is 3.29. The molecule has 38 heavy (non-hydrogen) atoms. The van der Waals surface area contributed by atoms with Crippen LogP contribution in [0.25, 0.3) is 0 Å². The Balaban J connectivity index is 0.0000137. The average molecular weight is 563 g/mol. The third-order valence-electron chi connectivity index (χ3n) is 5.89. The molecule has 0 aliphatic rings. The Labute approximate surface area is 250 Å². The van der Waals surface area contributed by atoms with Crippen LogP contribution in [0.3, 0.4) is 0 Å². The third kappa shape index (κ3) is 14.6. The number of rotatable bonds is 19. The standard InChI is InChI=1S/C27H44N2O7S.Na/c1-4-7-10-11-12-15-17-23(30)28-21-19-20-22(37(33,34)35)27(36-25(32)18-14-9-6-3)26(21)29-24(31)16-13-8-5-2;/h19-20H,4-18H2,1-3H3,(H,28,30)(H,29,31)(H,33,34,35);/q;+1/p-1. The van der Waals surface area contributed by atoms with Crippen LogP contribution in [0, 0.1) is 0 Å². The fourth-order valence-corrected chi connectivity index (χ4v) is 4.40. The predicted molar refractivity (Wildman–Crippen MR) is 144 cm³/mol. The molecule has 0 atom stereocenters. The molecule has 210 valence electrons. The van der Waals surface area contributed by atoms with Crippen LogP contribution in [0.1, 0.15) is 117 Å². The van der Waals surface area contributed by atoms with Gasteiger partial charge < -0.3 is 19.9 Å². The fourth-order valence-electron chi connectivity index (χ4n) is 3.79. The van der Waals surface area contributed by atoms with Crippen molar-refractivity contribution in [3.63, 3.8) is 0 Å². The van der Waals surface area contributed by atoms with Crippen molar-refractivity contribution in [1.82, 2.24) is 0 Å². The summed E-state index contributed by atoms with van der Waals surface area (Å²) in [6, 6.07) is 2.23. The zero-order chi connectivity index (χ0) is 27.7. The first-order valence-electron chi connectivity index (χ1n) is 13.6. The van der Waals surface area contributed by atoms with Gasteiger partial charge in [0.2, 0.25) is 11.8 Å². The quantitative estimate of drug-likeness (QED) is 0.0866. The van der Waals surface area contributed by atoms with Crippen LogP contribution in [0.2, 0.25) is 0 Å². The van der Waals surface area contributed by atoms with Crippen molar-refractivity contribution in [2.75, 3.05) is 10.6 Å². The fraction of sp³-hybridized carbons (Fsp3) is 0.667. The van der Waals surface area contributed by atoms with Gasteiger partial charge in [0.1, 0.15) is 15.8 Å². The van der Waals surface area contributed by atoms with Crippen molar-refractivity contribution >= 4 is 39.3 Å². The number of amides is 2. The molecule has 0 aliphatic heterocycles. The maximum Gasteiger partial charge on any atom is 1.00 e. The van der Waals surface area contributed by atoms with E-state index in [-0.39, 0.29) is 66.1 Å². The molecule has 0 aromatic heterocycles. The Morgan fingerprint density at radius 2 is 1.21 bits per heavy atom. The number of hydrogen-bond acceptors (Lipinski definition) is 7. The van der Waals surface area contributed by atoms with Gasteiger partial charge in [-0.25, -0.2) is 8.42 Å². The molecule has 1 rings (SSSR count). The number of carbonyl (C=O) groups excluding carboxylic acids is 3. The van der Waals surface area contributed by atoms with E-state index in [1.165, 1.54) is 6.07 Å². The van der Waals surface area contributed by atoms with Crippen molar-refractivity contribution in [2.24, 2.45) is 0 Å². The summed E-state index contributed by atoms with van der Waals surface area (Å²) in [6.45, 7) is 6.10. The number of anilines is 2. The maximum absolute atomic E-state index is 12.6. The van der Waals surface area contributed by atoms with Gasteiger partial charge in [-0.2, -0.15) is 0 Å². The number of hydrogen-bond donors (Lipinski definition) is 2. The first-order valence-corrected chi connectivity index (χ1v) is 15.0. The van der Waals surface area contributed by atoms with Gasteiger partial charge in [-0.1, -0.05) is 78.6 Å². The van der Waals surface area contributed by atoms with Gasteiger partial charge in [-0.15, -0.1) is 0 Å². The van der Waals surface area contributed by atoms with Crippen molar-refractivity contribution in [2.45, 2.75) is 122 Å².